The fourth-order valence-corrected chi connectivity index (χ4v) is 4.21. The van der Waals surface area contributed by atoms with Crippen LogP contribution < -0.4 is 10.5 Å². The number of rotatable bonds is 4. The van der Waals surface area contributed by atoms with Crippen LogP contribution >= 0.6 is 23.4 Å². The van der Waals surface area contributed by atoms with Gasteiger partial charge in [-0.25, -0.2) is 4.98 Å². The molecule has 1 aliphatic heterocycles. The molecule has 0 aliphatic carbocycles. The standard InChI is InChI=1S/C19H24ClN3OS/c1-4-19(3)8-10-23(11-9-19)17-18(24)22-15(12-21-17)25-14-7-5-6-13(2)16(14)20/h5-7,12H,4,8-11H2,1-3H3,(H,22,24). The summed E-state index contributed by atoms with van der Waals surface area (Å²) in [6.07, 6.45) is 5.10. The quantitative estimate of drug-likeness (QED) is 0.823. The molecule has 3 rings (SSSR count). The highest BCUT2D eigenvalue weighted by molar-refractivity contribution is 7.99. The fraction of sp³-hybridized carbons (Fsp3) is 0.474. The van der Waals surface area contributed by atoms with Gasteiger partial charge in [0.15, 0.2) is 5.82 Å². The summed E-state index contributed by atoms with van der Waals surface area (Å²) in [5.41, 5.74) is 1.28. The van der Waals surface area contributed by atoms with Crippen molar-refractivity contribution in [1.29, 1.82) is 0 Å². The monoisotopic (exact) mass is 377 g/mol. The Morgan fingerprint density at radius 2 is 2.08 bits per heavy atom. The van der Waals surface area contributed by atoms with Crippen molar-refractivity contribution in [2.24, 2.45) is 5.41 Å². The number of aryl methyl sites for hydroxylation is 1. The highest BCUT2D eigenvalue weighted by atomic mass is 35.5. The second-order valence-corrected chi connectivity index (χ2v) is 8.50. The molecule has 0 spiro atoms. The molecule has 0 radical (unpaired) electrons. The molecule has 1 saturated heterocycles. The highest BCUT2D eigenvalue weighted by Gasteiger charge is 2.29. The van der Waals surface area contributed by atoms with Crippen LogP contribution in [0.15, 0.2) is 39.1 Å². The smallest absolute Gasteiger partial charge is 0.291 e. The van der Waals surface area contributed by atoms with Gasteiger partial charge in [0.2, 0.25) is 0 Å². The molecule has 0 amide bonds. The maximum Gasteiger partial charge on any atom is 0.291 e. The van der Waals surface area contributed by atoms with E-state index in [1.54, 1.807) is 6.20 Å². The average Bonchev–Trinajstić information content (AvgIpc) is 2.60. The van der Waals surface area contributed by atoms with E-state index < -0.39 is 0 Å². The minimum absolute atomic E-state index is 0.131. The number of hydrogen-bond donors (Lipinski definition) is 1. The topological polar surface area (TPSA) is 49.0 Å². The summed E-state index contributed by atoms with van der Waals surface area (Å²) in [7, 11) is 0. The number of aromatic amines is 1. The lowest BCUT2D eigenvalue weighted by Gasteiger charge is -2.39. The Bertz CT molecular complexity index is 813. The summed E-state index contributed by atoms with van der Waals surface area (Å²) in [6, 6.07) is 5.88. The van der Waals surface area contributed by atoms with Gasteiger partial charge >= 0.3 is 0 Å². The number of piperidine rings is 1. The highest BCUT2D eigenvalue weighted by Crippen LogP contribution is 2.35. The second-order valence-electron chi connectivity index (χ2n) is 7.04. The van der Waals surface area contributed by atoms with Crippen molar-refractivity contribution >= 4 is 29.2 Å². The van der Waals surface area contributed by atoms with E-state index in [0.29, 0.717) is 21.3 Å². The lowest BCUT2D eigenvalue weighted by Crippen LogP contribution is -2.41. The molecule has 6 heteroatoms. The first-order valence-corrected chi connectivity index (χ1v) is 9.88. The molecule has 2 heterocycles. The number of hydrogen-bond acceptors (Lipinski definition) is 4. The third-order valence-corrected chi connectivity index (χ3v) is 6.85. The molecule has 1 fully saturated rings. The SMILES string of the molecule is CCC1(C)CCN(c2ncc(Sc3cccc(C)c3Cl)[nH]c2=O)CC1. The summed E-state index contributed by atoms with van der Waals surface area (Å²) in [5.74, 6) is 0.526. The van der Waals surface area contributed by atoms with Crippen molar-refractivity contribution in [1.82, 2.24) is 9.97 Å². The molecule has 4 nitrogen and oxygen atoms in total. The van der Waals surface area contributed by atoms with Crippen LogP contribution in [-0.2, 0) is 0 Å². The third kappa shape index (κ3) is 4.04. The zero-order chi connectivity index (χ0) is 18.0. The normalized spacial score (nSPS) is 16.9. The molecule has 134 valence electrons. The van der Waals surface area contributed by atoms with E-state index in [2.05, 4.69) is 28.7 Å². The van der Waals surface area contributed by atoms with E-state index in [0.717, 1.165) is 36.4 Å². The second kappa shape index (κ2) is 7.42. The van der Waals surface area contributed by atoms with E-state index >= 15 is 0 Å². The molecule has 2 aromatic rings. The zero-order valence-corrected chi connectivity index (χ0v) is 16.5. The van der Waals surface area contributed by atoms with E-state index in [-0.39, 0.29) is 5.56 Å². The Hall–Kier alpha value is -1.46. The van der Waals surface area contributed by atoms with E-state index in [9.17, 15) is 4.79 Å². The Morgan fingerprint density at radius 1 is 1.36 bits per heavy atom. The van der Waals surface area contributed by atoms with Crippen LogP contribution in [0.3, 0.4) is 0 Å². The molecule has 0 saturated carbocycles. The molecule has 0 atom stereocenters. The summed E-state index contributed by atoms with van der Waals surface area (Å²) < 4.78 is 0. The Kier molecular flexibility index (Phi) is 5.44. The van der Waals surface area contributed by atoms with Crippen LogP contribution in [0.5, 0.6) is 0 Å². The number of aromatic nitrogens is 2. The third-order valence-electron chi connectivity index (χ3n) is 5.24. The van der Waals surface area contributed by atoms with Crippen LogP contribution in [0.4, 0.5) is 5.82 Å². The molecule has 1 aliphatic rings. The predicted octanol–water partition coefficient (Wildman–Crippen LogP) is 4.90. The number of anilines is 1. The fourth-order valence-electron chi connectivity index (χ4n) is 3.09. The molecular weight excluding hydrogens is 354 g/mol. The van der Waals surface area contributed by atoms with Crippen molar-refractivity contribution in [3.63, 3.8) is 0 Å². The minimum atomic E-state index is -0.131. The molecular formula is C19H24ClN3OS. The van der Waals surface area contributed by atoms with Gasteiger partial charge in [0.05, 0.1) is 16.2 Å². The van der Waals surface area contributed by atoms with Gasteiger partial charge in [-0.15, -0.1) is 0 Å². The van der Waals surface area contributed by atoms with Gasteiger partial charge in [0.1, 0.15) is 0 Å². The number of benzene rings is 1. The van der Waals surface area contributed by atoms with E-state index in [1.807, 2.05) is 25.1 Å². The van der Waals surface area contributed by atoms with Crippen molar-refractivity contribution in [2.75, 3.05) is 18.0 Å². The van der Waals surface area contributed by atoms with Gasteiger partial charge in [-0.05, 0) is 36.8 Å². The lowest BCUT2D eigenvalue weighted by molar-refractivity contribution is 0.237. The molecule has 1 N–H and O–H groups in total. The molecule has 1 aromatic carbocycles. The summed E-state index contributed by atoms with van der Waals surface area (Å²) in [6.45, 7) is 8.31. The first-order chi connectivity index (χ1) is 11.9. The number of nitrogens with one attached hydrogen (secondary N) is 1. The predicted molar refractivity (Wildman–Crippen MR) is 105 cm³/mol. The lowest BCUT2D eigenvalue weighted by atomic mass is 9.78. The summed E-state index contributed by atoms with van der Waals surface area (Å²) in [4.78, 5) is 22.9. The van der Waals surface area contributed by atoms with Gasteiger partial charge in [0, 0.05) is 18.0 Å². The number of halogens is 1. The first kappa shape index (κ1) is 18.3. The van der Waals surface area contributed by atoms with Crippen LogP contribution in [0.25, 0.3) is 0 Å². The van der Waals surface area contributed by atoms with Gasteiger partial charge < -0.3 is 9.88 Å². The van der Waals surface area contributed by atoms with Gasteiger partial charge in [-0.3, -0.25) is 4.79 Å². The molecule has 1 aromatic heterocycles. The molecule has 0 unspecified atom stereocenters. The Labute approximate surface area is 158 Å². The van der Waals surface area contributed by atoms with E-state index in [1.165, 1.54) is 18.2 Å². The van der Waals surface area contributed by atoms with Gasteiger partial charge in [0.25, 0.3) is 5.56 Å². The summed E-state index contributed by atoms with van der Waals surface area (Å²) >= 11 is 7.77. The average molecular weight is 378 g/mol. The number of nitrogens with zero attached hydrogens (tertiary/aromatic N) is 2. The van der Waals surface area contributed by atoms with Gasteiger partial charge in [-0.1, -0.05) is 55.8 Å². The maximum atomic E-state index is 12.5. The largest absolute Gasteiger partial charge is 0.352 e. The molecule has 0 bridgehead atoms. The van der Waals surface area contributed by atoms with Crippen molar-refractivity contribution in [2.45, 2.75) is 50.0 Å². The van der Waals surface area contributed by atoms with Crippen LogP contribution in [0, 0.1) is 12.3 Å². The Balaban J connectivity index is 1.76. The van der Waals surface area contributed by atoms with Gasteiger partial charge in [-0.2, -0.15) is 0 Å². The maximum absolute atomic E-state index is 12.5. The Morgan fingerprint density at radius 3 is 2.72 bits per heavy atom. The van der Waals surface area contributed by atoms with Crippen molar-refractivity contribution < 1.29 is 0 Å². The minimum Gasteiger partial charge on any atom is -0.352 e. The number of H-pyrrole nitrogens is 1. The van der Waals surface area contributed by atoms with Crippen LogP contribution in [-0.4, -0.2) is 23.1 Å². The van der Waals surface area contributed by atoms with Crippen molar-refractivity contribution in [3.8, 4) is 0 Å². The van der Waals surface area contributed by atoms with Crippen molar-refractivity contribution in [3.05, 3.63) is 45.3 Å². The first-order valence-electron chi connectivity index (χ1n) is 8.69. The van der Waals surface area contributed by atoms with Crippen LogP contribution in [0.2, 0.25) is 5.02 Å². The summed E-state index contributed by atoms with van der Waals surface area (Å²) in [5, 5.41) is 1.42. The van der Waals surface area contributed by atoms with E-state index in [4.69, 9.17) is 11.6 Å². The zero-order valence-electron chi connectivity index (χ0n) is 14.9. The molecule has 25 heavy (non-hydrogen) atoms. The van der Waals surface area contributed by atoms with Crippen LogP contribution in [0.1, 0.15) is 38.7 Å².